The van der Waals surface area contributed by atoms with Gasteiger partial charge in [-0.15, -0.1) is 0 Å². The van der Waals surface area contributed by atoms with Crippen LogP contribution in [-0.4, -0.2) is 29.9 Å². The van der Waals surface area contributed by atoms with Gasteiger partial charge in [0.1, 0.15) is 0 Å². The minimum Gasteiger partial charge on any atom is -0.490 e. The quantitative estimate of drug-likeness (QED) is 0.812. The van der Waals surface area contributed by atoms with Crippen LogP contribution in [0, 0.1) is 11.8 Å². The van der Waals surface area contributed by atoms with E-state index in [1.165, 1.54) is 7.11 Å². The Morgan fingerprint density at radius 2 is 2.24 bits per heavy atom. The predicted molar refractivity (Wildman–Crippen MR) is 61.5 cm³/mol. The Kier molecular flexibility index (Phi) is 4.01. The van der Waals surface area contributed by atoms with Gasteiger partial charge < -0.3 is 9.47 Å². The maximum Gasteiger partial charge on any atom is 0.308 e. The number of H-pyrrole nitrogens is 1. The molecular weight excluding hydrogens is 220 g/mol. The molecule has 1 aromatic heterocycles. The molecule has 0 radical (unpaired) electrons. The molecule has 0 aliphatic heterocycles. The van der Waals surface area contributed by atoms with E-state index >= 15 is 0 Å². The van der Waals surface area contributed by atoms with E-state index in [2.05, 4.69) is 10.2 Å². The molecule has 0 atom stereocenters. The summed E-state index contributed by atoms with van der Waals surface area (Å²) in [5.74, 6) is 1.33. The third-order valence-electron chi connectivity index (χ3n) is 3.34. The number of ether oxygens (including phenoxy) is 2. The normalized spacial score (nSPS) is 24.3. The van der Waals surface area contributed by atoms with Crippen LogP contribution in [0.2, 0.25) is 0 Å². The van der Waals surface area contributed by atoms with E-state index < -0.39 is 0 Å². The number of hydrogen-bond acceptors (Lipinski definition) is 4. The van der Waals surface area contributed by atoms with Crippen molar-refractivity contribution in [3.05, 3.63) is 12.4 Å². The number of aromatic nitrogens is 2. The van der Waals surface area contributed by atoms with Crippen LogP contribution >= 0.6 is 0 Å². The highest BCUT2D eigenvalue weighted by molar-refractivity contribution is 5.72. The van der Waals surface area contributed by atoms with Crippen LogP contribution in [0.15, 0.2) is 12.4 Å². The molecule has 1 heterocycles. The minimum atomic E-state index is -0.0702. The number of esters is 1. The van der Waals surface area contributed by atoms with Gasteiger partial charge in [-0.05, 0) is 31.6 Å². The molecule has 2 rings (SSSR count). The molecule has 5 nitrogen and oxygen atoms in total. The number of rotatable bonds is 4. The Balaban J connectivity index is 1.70. The van der Waals surface area contributed by atoms with Crippen LogP contribution in [0.5, 0.6) is 5.75 Å². The van der Waals surface area contributed by atoms with Crippen LogP contribution in [-0.2, 0) is 9.53 Å². The second-order valence-corrected chi connectivity index (χ2v) is 4.49. The second kappa shape index (κ2) is 5.70. The zero-order chi connectivity index (χ0) is 12.1. The van der Waals surface area contributed by atoms with Crippen molar-refractivity contribution >= 4 is 5.97 Å². The standard InChI is InChI=1S/C12H18N2O3/c1-16-12(15)10-4-2-9(3-5-10)8-17-11-6-13-14-7-11/h6-7,9-10H,2-5,8H2,1H3,(H,13,14). The highest BCUT2D eigenvalue weighted by atomic mass is 16.5. The summed E-state index contributed by atoms with van der Waals surface area (Å²) in [7, 11) is 1.45. The molecule has 0 saturated heterocycles. The third-order valence-corrected chi connectivity index (χ3v) is 3.34. The molecule has 1 N–H and O–H groups in total. The van der Waals surface area contributed by atoms with Crippen molar-refractivity contribution in [3.63, 3.8) is 0 Å². The smallest absolute Gasteiger partial charge is 0.308 e. The number of nitrogens with zero attached hydrogens (tertiary/aromatic N) is 1. The first-order chi connectivity index (χ1) is 8.29. The van der Waals surface area contributed by atoms with E-state index in [1.54, 1.807) is 12.4 Å². The minimum absolute atomic E-state index is 0.0702. The predicted octanol–water partition coefficient (Wildman–Crippen LogP) is 1.77. The number of nitrogens with one attached hydrogen (secondary N) is 1. The number of carbonyl (C=O) groups is 1. The number of hydrogen-bond donors (Lipinski definition) is 1. The Morgan fingerprint density at radius 1 is 1.47 bits per heavy atom. The third kappa shape index (κ3) is 3.22. The fourth-order valence-corrected chi connectivity index (χ4v) is 2.26. The van der Waals surface area contributed by atoms with E-state index in [0.717, 1.165) is 31.4 Å². The maximum atomic E-state index is 11.4. The summed E-state index contributed by atoms with van der Waals surface area (Å²) in [5, 5.41) is 6.53. The van der Waals surface area contributed by atoms with Crippen LogP contribution in [0.4, 0.5) is 0 Å². The van der Waals surface area contributed by atoms with Crippen LogP contribution < -0.4 is 4.74 Å². The number of methoxy groups -OCH3 is 1. The van der Waals surface area contributed by atoms with E-state index in [-0.39, 0.29) is 11.9 Å². The summed E-state index contributed by atoms with van der Waals surface area (Å²) in [6.07, 6.45) is 7.27. The SMILES string of the molecule is COC(=O)C1CCC(COc2cn[nH]c2)CC1. The van der Waals surface area contributed by atoms with Crippen molar-refractivity contribution < 1.29 is 14.3 Å². The van der Waals surface area contributed by atoms with Crippen LogP contribution in [0.3, 0.4) is 0 Å². The Bertz CT molecular complexity index is 343. The number of carbonyl (C=O) groups excluding carboxylic acids is 1. The highest BCUT2D eigenvalue weighted by Crippen LogP contribution is 2.29. The summed E-state index contributed by atoms with van der Waals surface area (Å²) in [6, 6.07) is 0. The van der Waals surface area contributed by atoms with Gasteiger partial charge in [-0.1, -0.05) is 0 Å². The topological polar surface area (TPSA) is 64.2 Å². The molecule has 0 aromatic carbocycles. The Hall–Kier alpha value is -1.52. The molecule has 1 fully saturated rings. The zero-order valence-electron chi connectivity index (χ0n) is 10.0. The summed E-state index contributed by atoms with van der Waals surface area (Å²) in [6.45, 7) is 0.702. The molecule has 5 heteroatoms. The van der Waals surface area contributed by atoms with Crippen molar-refractivity contribution in [2.75, 3.05) is 13.7 Å². The van der Waals surface area contributed by atoms with Crippen LogP contribution in [0.1, 0.15) is 25.7 Å². The molecule has 1 aliphatic carbocycles. The van der Waals surface area contributed by atoms with Gasteiger partial charge in [-0.25, -0.2) is 0 Å². The van der Waals surface area contributed by atoms with E-state index in [4.69, 9.17) is 9.47 Å². The van der Waals surface area contributed by atoms with Crippen LogP contribution in [0.25, 0.3) is 0 Å². The molecular formula is C12H18N2O3. The van der Waals surface area contributed by atoms with E-state index in [9.17, 15) is 4.79 Å². The summed E-state index contributed by atoms with van der Waals surface area (Å²) < 4.78 is 10.4. The Morgan fingerprint density at radius 3 is 2.82 bits per heavy atom. The summed E-state index contributed by atoms with van der Waals surface area (Å²) >= 11 is 0. The van der Waals surface area contributed by atoms with E-state index in [1.807, 2.05) is 0 Å². The van der Waals surface area contributed by atoms with Crippen molar-refractivity contribution in [3.8, 4) is 5.75 Å². The van der Waals surface area contributed by atoms with Crippen molar-refractivity contribution in [1.82, 2.24) is 10.2 Å². The molecule has 17 heavy (non-hydrogen) atoms. The molecule has 94 valence electrons. The zero-order valence-corrected chi connectivity index (χ0v) is 10.0. The van der Waals surface area contributed by atoms with Gasteiger partial charge in [0.15, 0.2) is 5.75 Å². The van der Waals surface area contributed by atoms with Gasteiger partial charge in [0.25, 0.3) is 0 Å². The first-order valence-corrected chi connectivity index (χ1v) is 5.99. The lowest BCUT2D eigenvalue weighted by Gasteiger charge is -2.26. The summed E-state index contributed by atoms with van der Waals surface area (Å²) in [4.78, 5) is 11.4. The fraction of sp³-hybridized carbons (Fsp3) is 0.667. The molecule has 0 spiro atoms. The first kappa shape index (κ1) is 12.0. The molecule has 0 unspecified atom stereocenters. The average molecular weight is 238 g/mol. The van der Waals surface area contributed by atoms with E-state index in [0.29, 0.717) is 12.5 Å². The highest BCUT2D eigenvalue weighted by Gasteiger charge is 2.27. The molecule has 1 aliphatic rings. The van der Waals surface area contributed by atoms with Gasteiger partial charge >= 0.3 is 5.97 Å². The number of aromatic amines is 1. The van der Waals surface area contributed by atoms with Gasteiger partial charge in [0, 0.05) is 0 Å². The van der Waals surface area contributed by atoms with Crippen molar-refractivity contribution in [2.45, 2.75) is 25.7 Å². The molecule has 1 aromatic rings. The molecule has 0 bridgehead atoms. The van der Waals surface area contributed by atoms with Crippen molar-refractivity contribution in [1.29, 1.82) is 0 Å². The second-order valence-electron chi connectivity index (χ2n) is 4.49. The van der Waals surface area contributed by atoms with Gasteiger partial charge in [0.2, 0.25) is 0 Å². The van der Waals surface area contributed by atoms with Gasteiger partial charge in [0.05, 0.1) is 32.0 Å². The lowest BCUT2D eigenvalue weighted by Crippen LogP contribution is -2.25. The van der Waals surface area contributed by atoms with Gasteiger partial charge in [-0.2, -0.15) is 5.10 Å². The first-order valence-electron chi connectivity index (χ1n) is 5.99. The lowest BCUT2D eigenvalue weighted by atomic mass is 9.82. The summed E-state index contributed by atoms with van der Waals surface area (Å²) in [5.41, 5.74) is 0. The monoisotopic (exact) mass is 238 g/mol. The Labute approximate surface area is 100 Å². The average Bonchev–Trinajstić information content (AvgIpc) is 2.89. The maximum absolute atomic E-state index is 11.4. The van der Waals surface area contributed by atoms with Crippen molar-refractivity contribution in [2.24, 2.45) is 11.8 Å². The molecule has 1 saturated carbocycles. The fourth-order valence-electron chi connectivity index (χ4n) is 2.26. The molecule has 0 amide bonds. The lowest BCUT2D eigenvalue weighted by molar-refractivity contribution is -0.146. The van der Waals surface area contributed by atoms with Gasteiger partial charge in [-0.3, -0.25) is 9.89 Å². The largest absolute Gasteiger partial charge is 0.490 e.